The Morgan fingerprint density at radius 1 is 0.360 bits per heavy atom. The molecule has 0 spiro atoms. The minimum atomic E-state index is 0.939. The highest BCUT2D eigenvalue weighted by atomic mass is 15.1. The Bertz CT molecular complexity index is 3040. The Kier molecular flexibility index (Phi) is 5.67. The fourth-order valence-corrected chi connectivity index (χ4v) is 8.26. The minimum absolute atomic E-state index is 0.939. The van der Waals surface area contributed by atoms with Crippen LogP contribution in [0.1, 0.15) is 0 Å². The van der Waals surface area contributed by atoms with Gasteiger partial charge in [0, 0.05) is 33.1 Å². The summed E-state index contributed by atoms with van der Waals surface area (Å²) in [6, 6.07) is 63.7. The smallest absolute Gasteiger partial charge is 0.145 e. The van der Waals surface area contributed by atoms with Crippen LogP contribution in [-0.2, 0) is 0 Å². The summed E-state index contributed by atoms with van der Waals surface area (Å²) in [5.74, 6) is 0.939. The van der Waals surface area contributed by atoms with Crippen molar-refractivity contribution in [3.05, 3.63) is 176 Å². The molecule has 0 aliphatic rings. The molecule has 0 radical (unpaired) electrons. The SMILES string of the molecule is c1ccc(-c2nc3ccc4ccc5ccc(-n6c7ccc8ccccc8c7c7c8ccccc8ccc76)cc5c4c3n2-c2ccccc2)cc1. The number of hydrogen-bond acceptors (Lipinski definition) is 1. The van der Waals surface area contributed by atoms with Crippen LogP contribution in [-0.4, -0.2) is 14.1 Å². The Morgan fingerprint density at radius 2 is 0.900 bits per heavy atom. The van der Waals surface area contributed by atoms with Gasteiger partial charge in [-0.15, -0.1) is 0 Å². The third-order valence-electron chi connectivity index (χ3n) is 10.4. The normalized spacial score (nSPS) is 12.0. The molecule has 0 amide bonds. The number of imidazole rings is 1. The van der Waals surface area contributed by atoms with Crippen LogP contribution < -0.4 is 0 Å². The van der Waals surface area contributed by atoms with Crippen molar-refractivity contribution in [2.75, 3.05) is 0 Å². The molecule has 9 aromatic carbocycles. The first kappa shape index (κ1) is 27.3. The molecule has 50 heavy (non-hydrogen) atoms. The van der Waals surface area contributed by atoms with E-state index >= 15 is 0 Å². The van der Waals surface area contributed by atoms with Crippen molar-refractivity contribution >= 4 is 75.9 Å². The number of nitrogens with zero attached hydrogens (tertiary/aromatic N) is 3. The first-order valence-electron chi connectivity index (χ1n) is 17.1. The summed E-state index contributed by atoms with van der Waals surface area (Å²) in [7, 11) is 0. The van der Waals surface area contributed by atoms with Crippen molar-refractivity contribution < 1.29 is 0 Å². The number of para-hydroxylation sites is 1. The fraction of sp³-hybridized carbons (Fsp3) is 0. The molecule has 2 aromatic heterocycles. The highest BCUT2D eigenvalue weighted by molar-refractivity contribution is 6.28. The van der Waals surface area contributed by atoms with Crippen molar-refractivity contribution in [2.45, 2.75) is 0 Å². The van der Waals surface area contributed by atoms with Crippen LogP contribution in [0.15, 0.2) is 176 Å². The van der Waals surface area contributed by atoms with Gasteiger partial charge in [-0.1, -0.05) is 133 Å². The summed E-state index contributed by atoms with van der Waals surface area (Å²) in [6.45, 7) is 0. The predicted octanol–water partition coefficient (Wildman–Crippen LogP) is 12.4. The second kappa shape index (κ2) is 10.4. The molecule has 3 heteroatoms. The molecule has 11 rings (SSSR count). The zero-order valence-electron chi connectivity index (χ0n) is 27.1. The summed E-state index contributed by atoms with van der Waals surface area (Å²) < 4.78 is 4.81. The van der Waals surface area contributed by atoms with E-state index in [1.54, 1.807) is 0 Å². The van der Waals surface area contributed by atoms with E-state index in [2.05, 4.69) is 185 Å². The summed E-state index contributed by atoms with van der Waals surface area (Å²) in [5, 5.41) is 12.5. The van der Waals surface area contributed by atoms with E-state index < -0.39 is 0 Å². The van der Waals surface area contributed by atoms with Gasteiger partial charge in [0.1, 0.15) is 5.82 Å². The Labute approximate surface area is 287 Å². The zero-order chi connectivity index (χ0) is 32.8. The molecule has 0 atom stereocenters. The molecular formula is C47H29N3. The van der Waals surface area contributed by atoms with Gasteiger partial charge < -0.3 is 4.57 Å². The highest BCUT2D eigenvalue weighted by Gasteiger charge is 2.20. The van der Waals surface area contributed by atoms with E-state index in [1.165, 1.54) is 64.9 Å². The Morgan fingerprint density at radius 3 is 1.60 bits per heavy atom. The summed E-state index contributed by atoms with van der Waals surface area (Å²) in [6.07, 6.45) is 0. The standard InChI is InChI=1S/C47H29N3/c1-3-13-34(14-4-1)47-48-40-26-22-33-20-19-32-21-25-36(29-39(32)43(33)46(40)50(47)35-15-5-2-6-16-35)49-41-27-23-30-11-7-9-17-37(30)44(41)45-38-18-10-8-12-31(38)24-28-42(45)49/h1-29H. The van der Waals surface area contributed by atoms with Crippen LogP contribution in [0.2, 0.25) is 0 Å². The lowest BCUT2D eigenvalue weighted by Gasteiger charge is -2.14. The fourth-order valence-electron chi connectivity index (χ4n) is 8.26. The zero-order valence-corrected chi connectivity index (χ0v) is 27.1. The lowest BCUT2D eigenvalue weighted by molar-refractivity contribution is 1.11. The van der Waals surface area contributed by atoms with Gasteiger partial charge >= 0.3 is 0 Å². The predicted molar refractivity (Wildman–Crippen MR) is 211 cm³/mol. The Hall–Kier alpha value is -6.71. The number of hydrogen-bond donors (Lipinski definition) is 0. The van der Waals surface area contributed by atoms with Gasteiger partial charge in [-0.2, -0.15) is 0 Å². The lowest BCUT2D eigenvalue weighted by atomic mass is 9.99. The molecule has 232 valence electrons. The average Bonchev–Trinajstić information content (AvgIpc) is 3.75. The van der Waals surface area contributed by atoms with Crippen LogP contribution in [0.5, 0.6) is 0 Å². The van der Waals surface area contributed by atoms with E-state index in [0.717, 1.165) is 33.8 Å². The maximum Gasteiger partial charge on any atom is 0.145 e. The molecular weight excluding hydrogens is 607 g/mol. The van der Waals surface area contributed by atoms with E-state index in [1.807, 2.05) is 0 Å². The van der Waals surface area contributed by atoms with Gasteiger partial charge in [0.25, 0.3) is 0 Å². The van der Waals surface area contributed by atoms with Crippen LogP contribution in [0.4, 0.5) is 0 Å². The molecule has 0 saturated carbocycles. The highest BCUT2D eigenvalue weighted by Crippen LogP contribution is 2.42. The molecule has 0 bridgehead atoms. The van der Waals surface area contributed by atoms with Gasteiger partial charge in [-0.05, 0) is 80.2 Å². The molecule has 11 aromatic rings. The topological polar surface area (TPSA) is 22.8 Å². The van der Waals surface area contributed by atoms with Gasteiger partial charge in [0.15, 0.2) is 0 Å². The molecule has 0 N–H and O–H groups in total. The second-order valence-corrected chi connectivity index (χ2v) is 13.2. The molecule has 0 saturated heterocycles. The van der Waals surface area contributed by atoms with E-state index in [4.69, 9.17) is 4.98 Å². The quantitative estimate of drug-likeness (QED) is 0.177. The van der Waals surface area contributed by atoms with Crippen molar-refractivity contribution in [2.24, 2.45) is 0 Å². The number of rotatable bonds is 3. The minimum Gasteiger partial charge on any atom is -0.309 e. The lowest BCUT2D eigenvalue weighted by Crippen LogP contribution is -1.98. The van der Waals surface area contributed by atoms with Crippen molar-refractivity contribution in [1.82, 2.24) is 14.1 Å². The number of benzene rings is 9. The van der Waals surface area contributed by atoms with E-state index in [9.17, 15) is 0 Å². The van der Waals surface area contributed by atoms with Crippen molar-refractivity contribution in [3.63, 3.8) is 0 Å². The largest absolute Gasteiger partial charge is 0.309 e. The maximum absolute atomic E-state index is 5.29. The van der Waals surface area contributed by atoms with Gasteiger partial charge in [-0.3, -0.25) is 4.57 Å². The van der Waals surface area contributed by atoms with Crippen molar-refractivity contribution in [1.29, 1.82) is 0 Å². The number of aromatic nitrogens is 3. The summed E-state index contributed by atoms with van der Waals surface area (Å²) >= 11 is 0. The molecule has 0 unspecified atom stereocenters. The third kappa shape index (κ3) is 3.83. The summed E-state index contributed by atoms with van der Waals surface area (Å²) in [5.41, 5.74) is 7.84. The van der Waals surface area contributed by atoms with Crippen LogP contribution >= 0.6 is 0 Å². The molecule has 2 heterocycles. The van der Waals surface area contributed by atoms with E-state index in [-0.39, 0.29) is 0 Å². The monoisotopic (exact) mass is 635 g/mol. The molecule has 0 aliphatic carbocycles. The first-order chi connectivity index (χ1) is 24.8. The summed E-state index contributed by atoms with van der Waals surface area (Å²) in [4.78, 5) is 5.29. The van der Waals surface area contributed by atoms with Crippen LogP contribution in [0, 0.1) is 0 Å². The Balaban J connectivity index is 1.29. The molecule has 3 nitrogen and oxygen atoms in total. The van der Waals surface area contributed by atoms with Gasteiger partial charge in [0.2, 0.25) is 0 Å². The second-order valence-electron chi connectivity index (χ2n) is 13.2. The maximum atomic E-state index is 5.29. The average molecular weight is 636 g/mol. The number of fused-ring (bicyclic) bond motifs is 12. The van der Waals surface area contributed by atoms with Crippen molar-refractivity contribution in [3.8, 4) is 22.8 Å². The molecule has 0 fully saturated rings. The van der Waals surface area contributed by atoms with Gasteiger partial charge in [-0.25, -0.2) is 4.98 Å². The van der Waals surface area contributed by atoms with Gasteiger partial charge in [0.05, 0.1) is 22.1 Å². The molecule has 0 aliphatic heterocycles. The third-order valence-corrected chi connectivity index (χ3v) is 10.4. The van der Waals surface area contributed by atoms with Crippen LogP contribution in [0.3, 0.4) is 0 Å². The van der Waals surface area contributed by atoms with Crippen LogP contribution in [0.25, 0.3) is 98.7 Å². The first-order valence-corrected chi connectivity index (χ1v) is 17.1. The van der Waals surface area contributed by atoms with E-state index in [0.29, 0.717) is 0 Å².